The van der Waals surface area contributed by atoms with E-state index in [4.69, 9.17) is 23.2 Å². The molecule has 0 saturated carbocycles. The van der Waals surface area contributed by atoms with Crippen molar-refractivity contribution in [1.29, 1.82) is 0 Å². The Hall–Kier alpha value is 0.320. The van der Waals surface area contributed by atoms with Gasteiger partial charge in [0.2, 0.25) is 0 Å². The minimum atomic E-state index is 0.0937. The molecule has 2 unspecified atom stereocenters. The van der Waals surface area contributed by atoms with Crippen molar-refractivity contribution < 1.29 is 0 Å². The van der Waals surface area contributed by atoms with Crippen molar-refractivity contribution in [3.8, 4) is 0 Å². The quantitative estimate of drug-likeness (QED) is 0.422. The van der Waals surface area contributed by atoms with E-state index >= 15 is 0 Å². The molecule has 8 heavy (non-hydrogen) atoms. The lowest BCUT2D eigenvalue weighted by atomic mass is 10.3. The third-order valence-electron chi connectivity index (χ3n) is 0.641. The average Bonchev–Trinajstić information content (AvgIpc) is 1.61. The molecule has 0 aromatic carbocycles. The largest absolute Gasteiger partial charge is 0.119 e. The van der Waals surface area contributed by atoms with E-state index in [1.807, 2.05) is 26.0 Å². The van der Waals surface area contributed by atoms with Crippen molar-refractivity contribution >= 4 is 23.2 Å². The molecule has 0 saturated heterocycles. The van der Waals surface area contributed by atoms with Gasteiger partial charge in [0.15, 0.2) is 0 Å². The maximum Gasteiger partial charge on any atom is 0.0488 e. The van der Waals surface area contributed by atoms with E-state index in [0.717, 1.165) is 0 Å². The molecule has 0 nitrogen and oxygen atoms in total. The van der Waals surface area contributed by atoms with Crippen LogP contribution in [-0.2, 0) is 0 Å². The topological polar surface area (TPSA) is 0 Å². The second-order valence-corrected chi connectivity index (χ2v) is 3.12. The smallest absolute Gasteiger partial charge is 0.0488 e. The summed E-state index contributed by atoms with van der Waals surface area (Å²) in [5.41, 5.74) is 0. The zero-order chi connectivity index (χ0) is 6.57. The lowest BCUT2D eigenvalue weighted by molar-refractivity contribution is 1.16. The van der Waals surface area contributed by atoms with E-state index in [9.17, 15) is 0 Å². The van der Waals surface area contributed by atoms with Crippen LogP contribution in [0.25, 0.3) is 0 Å². The normalized spacial score (nSPS) is 19.0. The SMILES string of the molecule is CC(Cl)/C=C\C(C)Cl. The highest BCUT2D eigenvalue weighted by molar-refractivity contribution is 6.22. The zero-order valence-electron chi connectivity index (χ0n) is 5.07. The summed E-state index contributed by atoms with van der Waals surface area (Å²) in [6, 6.07) is 0. The first-order valence-electron chi connectivity index (χ1n) is 2.59. The predicted molar refractivity (Wildman–Crippen MR) is 39.8 cm³/mol. The van der Waals surface area contributed by atoms with Crippen LogP contribution in [0.1, 0.15) is 13.8 Å². The van der Waals surface area contributed by atoms with Crippen molar-refractivity contribution in [3.63, 3.8) is 0 Å². The second-order valence-electron chi connectivity index (χ2n) is 1.74. The van der Waals surface area contributed by atoms with Gasteiger partial charge in [-0.2, -0.15) is 0 Å². The Balaban J connectivity index is 3.34. The van der Waals surface area contributed by atoms with Crippen molar-refractivity contribution in [2.75, 3.05) is 0 Å². The van der Waals surface area contributed by atoms with Gasteiger partial charge < -0.3 is 0 Å². The fourth-order valence-electron chi connectivity index (χ4n) is 0.306. The fourth-order valence-corrected chi connectivity index (χ4v) is 0.474. The zero-order valence-corrected chi connectivity index (χ0v) is 6.58. The Labute approximate surface area is 60.5 Å². The summed E-state index contributed by atoms with van der Waals surface area (Å²) < 4.78 is 0. The summed E-state index contributed by atoms with van der Waals surface area (Å²) in [5.74, 6) is 0. The van der Waals surface area contributed by atoms with Crippen molar-refractivity contribution in [2.45, 2.75) is 24.6 Å². The van der Waals surface area contributed by atoms with Gasteiger partial charge in [-0.1, -0.05) is 12.2 Å². The molecular formula is C6H10Cl2. The monoisotopic (exact) mass is 152 g/mol. The van der Waals surface area contributed by atoms with Crippen LogP contribution in [0.5, 0.6) is 0 Å². The Morgan fingerprint density at radius 3 is 1.38 bits per heavy atom. The first-order valence-corrected chi connectivity index (χ1v) is 3.46. The molecule has 2 atom stereocenters. The number of alkyl halides is 2. The molecule has 0 N–H and O–H groups in total. The lowest BCUT2D eigenvalue weighted by Crippen LogP contribution is -1.86. The first kappa shape index (κ1) is 8.32. The van der Waals surface area contributed by atoms with E-state index in [0.29, 0.717) is 0 Å². The van der Waals surface area contributed by atoms with E-state index in [2.05, 4.69) is 0 Å². The number of hydrogen-bond acceptors (Lipinski definition) is 0. The fraction of sp³-hybridized carbons (Fsp3) is 0.667. The maximum atomic E-state index is 5.58. The standard InChI is InChI=1S/C6H10Cl2/c1-5(7)3-4-6(2)8/h3-6H,1-2H3/b4-3-. The van der Waals surface area contributed by atoms with Crippen LogP contribution in [0, 0.1) is 0 Å². The van der Waals surface area contributed by atoms with Crippen LogP contribution in [0.4, 0.5) is 0 Å². The third kappa shape index (κ3) is 6.32. The molecule has 0 radical (unpaired) electrons. The van der Waals surface area contributed by atoms with Crippen molar-refractivity contribution in [3.05, 3.63) is 12.2 Å². The molecule has 48 valence electrons. The molecule has 0 aromatic rings. The van der Waals surface area contributed by atoms with Gasteiger partial charge in [0.05, 0.1) is 0 Å². The molecule has 2 heteroatoms. The minimum Gasteiger partial charge on any atom is -0.119 e. The number of rotatable bonds is 2. The molecule has 0 aliphatic heterocycles. The van der Waals surface area contributed by atoms with Gasteiger partial charge in [-0.25, -0.2) is 0 Å². The Morgan fingerprint density at radius 1 is 1.00 bits per heavy atom. The van der Waals surface area contributed by atoms with Gasteiger partial charge in [0.1, 0.15) is 0 Å². The summed E-state index contributed by atoms with van der Waals surface area (Å²) in [7, 11) is 0. The second kappa shape index (κ2) is 4.22. The van der Waals surface area contributed by atoms with Gasteiger partial charge in [-0.3, -0.25) is 0 Å². The molecule has 0 fully saturated rings. The summed E-state index contributed by atoms with van der Waals surface area (Å²) in [5, 5.41) is 0.187. The number of halogens is 2. The van der Waals surface area contributed by atoms with Gasteiger partial charge >= 0.3 is 0 Å². The van der Waals surface area contributed by atoms with Gasteiger partial charge in [0, 0.05) is 10.8 Å². The molecule has 0 spiro atoms. The molecule has 0 heterocycles. The van der Waals surface area contributed by atoms with Gasteiger partial charge in [-0.15, -0.1) is 23.2 Å². The van der Waals surface area contributed by atoms with Gasteiger partial charge in [0.25, 0.3) is 0 Å². The van der Waals surface area contributed by atoms with E-state index in [1.54, 1.807) is 0 Å². The van der Waals surface area contributed by atoms with Crippen molar-refractivity contribution in [2.24, 2.45) is 0 Å². The van der Waals surface area contributed by atoms with Crippen LogP contribution >= 0.6 is 23.2 Å². The molecule has 0 rings (SSSR count). The van der Waals surface area contributed by atoms with E-state index in [-0.39, 0.29) is 10.8 Å². The molecule has 0 aliphatic carbocycles. The Morgan fingerprint density at radius 2 is 1.25 bits per heavy atom. The van der Waals surface area contributed by atoms with Crippen LogP contribution in [0.15, 0.2) is 12.2 Å². The summed E-state index contributed by atoms with van der Waals surface area (Å²) in [4.78, 5) is 0. The van der Waals surface area contributed by atoms with Crippen LogP contribution in [-0.4, -0.2) is 10.8 Å². The molecular weight excluding hydrogens is 143 g/mol. The third-order valence-corrected chi connectivity index (χ3v) is 0.932. The number of hydrogen-bond donors (Lipinski definition) is 0. The maximum absolute atomic E-state index is 5.58. The average molecular weight is 153 g/mol. The van der Waals surface area contributed by atoms with E-state index in [1.165, 1.54) is 0 Å². The highest BCUT2D eigenvalue weighted by atomic mass is 35.5. The van der Waals surface area contributed by atoms with E-state index < -0.39 is 0 Å². The molecule has 0 amide bonds. The van der Waals surface area contributed by atoms with Crippen LogP contribution in [0.2, 0.25) is 0 Å². The first-order chi connectivity index (χ1) is 3.63. The Kier molecular flexibility index (Phi) is 4.39. The Bertz CT molecular complexity index is 64.6. The minimum absolute atomic E-state index is 0.0937. The summed E-state index contributed by atoms with van der Waals surface area (Å²) in [6.45, 7) is 3.80. The molecule has 0 aromatic heterocycles. The molecule has 0 aliphatic rings. The van der Waals surface area contributed by atoms with Crippen LogP contribution < -0.4 is 0 Å². The summed E-state index contributed by atoms with van der Waals surface area (Å²) >= 11 is 11.2. The highest BCUT2D eigenvalue weighted by Crippen LogP contribution is 2.00. The van der Waals surface area contributed by atoms with Gasteiger partial charge in [-0.05, 0) is 13.8 Å². The number of allylic oxidation sites excluding steroid dienone is 2. The van der Waals surface area contributed by atoms with Crippen LogP contribution in [0.3, 0.4) is 0 Å². The van der Waals surface area contributed by atoms with Crippen molar-refractivity contribution in [1.82, 2.24) is 0 Å². The lowest BCUT2D eigenvalue weighted by Gasteiger charge is -1.92. The highest BCUT2D eigenvalue weighted by Gasteiger charge is 1.88. The predicted octanol–water partition coefficient (Wildman–Crippen LogP) is 2.80. The summed E-state index contributed by atoms with van der Waals surface area (Å²) in [6.07, 6.45) is 3.75. The molecule has 0 bridgehead atoms.